The Labute approximate surface area is 63.9 Å². The molecule has 0 aromatic rings. The maximum atomic E-state index is 10.6. The molecule has 0 heterocycles. The highest BCUT2D eigenvalue weighted by Gasteiger charge is 2.59. The minimum atomic E-state index is -1.05. The Morgan fingerprint density at radius 1 is 1.82 bits per heavy atom. The fourth-order valence-electron chi connectivity index (χ4n) is 1.15. The van der Waals surface area contributed by atoms with Crippen molar-refractivity contribution in [3.8, 4) is 0 Å². The minimum Gasteiger partial charge on any atom is -0.479 e. The van der Waals surface area contributed by atoms with Gasteiger partial charge in [-0.05, 0) is 6.42 Å². The predicted octanol–water partition coefficient (Wildman–Crippen LogP) is -0.238. The molecular weight excluding hydrogens is 146 g/mol. The van der Waals surface area contributed by atoms with E-state index in [1.165, 1.54) is 0 Å². The summed E-state index contributed by atoms with van der Waals surface area (Å²) in [6.07, 6.45) is 2.41. The Hall–Kier alpha value is -1.32. The molecule has 0 spiro atoms. The van der Waals surface area contributed by atoms with E-state index in [2.05, 4.69) is 11.9 Å². The van der Waals surface area contributed by atoms with Crippen LogP contribution in [0, 0.1) is 5.92 Å². The second-order valence-electron chi connectivity index (χ2n) is 2.59. The van der Waals surface area contributed by atoms with Crippen LogP contribution in [-0.2, 0) is 9.59 Å². The number of carboxylic acids is 1. The summed E-state index contributed by atoms with van der Waals surface area (Å²) in [5.74, 6) is -1.11. The highest BCUT2D eigenvalue weighted by Crippen LogP contribution is 2.43. The predicted molar refractivity (Wildman–Crippen MR) is 37.9 cm³/mol. The van der Waals surface area contributed by atoms with E-state index in [4.69, 9.17) is 5.11 Å². The number of rotatable bonds is 4. The van der Waals surface area contributed by atoms with Crippen molar-refractivity contribution < 1.29 is 14.7 Å². The third-order valence-corrected chi connectivity index (χ3v) is 2.00. The van der Waals surface area contributed by atoms with Gasteiger partial charge in [0.25, 0.3) is 0 Å². The van der Waals surface area contributed by atoms with Crippen LogP contribution in [0.15, 0.2) is 12.7 Å². The fourth-order valence-corrected chi connectivity index (χ4v) is 1.15. The van der Waals surface area contributed by atoms with Crippen molar-refractivity contribution >= 4 is 12.4 Å². The summed E-state index contributed by atoms with van der Waals surface area (Å²) in [5.41, 5.74) is -1.05. The molecule has 4 heteroatoms. The standard InChI is InChI=1S/C7H9NO3/c1-2-5-3-7(5,6(10)11)8-4-9/h2,4-5H,1,3H2,(H,8,9)(H,10,11)/t5?,7-/m1/s1. The zero-order chi connectivity index (χ0) is 8.48. The maximum absolute atomic E-state index is 10.6. The molecule has 1 saturated carbocycles. The number of carboxylic acid groups (broad SMARTS) is 1. The number of hydrogen-bond donors (Lipinski definition) is 2. The van der Waals surface area contributed by atoms with Crippen LogP contribution in [0.2, 0.25) is 0 Å². The summed E-state index contributed by atoms with van der Waals surface area (Å²) in [7, 11) is 0. The average molecular weight is 155 g/mol. The van der Waals surface area contributed by atoms with Gasteiger partial charge in [-0.3, -0.25) is 4.79 Å². The van der Waals surface area contributed by atoms with Gasteiger partial charge in [0.1, 0.15) is 5.54 Å². The molecule has 0 aromatic carbocycles. The Bertz CT molecular complexity index is 214. The topological polar surface area (TPSA) is 66.4 Å². The third kappa shape index (κ3) is 1.00. The molecule has 0 aromatic heterocycles. The lowest BCUT2D eigenvalue weighted by atomic mass is 10.2. The van der Waals surface area contributed by atoms with Crippen LogP contribution < -0.4 is 5.32 Å². The van der Waals surface area contributed by atoms with Gasteiger partial charge in [0.15, 0.2) is 0 Å². The van der Waals surface area contributed by atoms with Crippen LogP contribution in [0.3, 0.4) is 0 Å². The van der Waals surface area contributed by atoms with E-state index < -0.39 is 11.5 Å². The van der Waals surface area contributed by atoms with Crippen molar-refractivity contribution in [1.29, 1.82) is 0 Å². The third-order valence-electron chi connectivity index (χ3n) is 2.00. The van der Waals surface area contributed by atoms with Crippen molar-refractivity contribution in [3.63, 3.8) is 0 Å². The van der Waals surface area contributed by atoms with Gasteiger partial charge in [-0.15, -0.1) is 6.58 Å². The normalized spacial score (nSPS) is 34.0. The summed E-state index contributed by atoms with van der Waals surface area (Å²) < 4.78 is 0. The molecule has 1 unspecified atom stereocenters. The summed E-state index contributed by atoms with van der Waals surface area (Å²) >= 11 is 0. The number of hydrogen-bond acceptors (Lipinski definition) is 2. The van der Waals surface area contributed by atoms with Gasteiger partial charge in [0.05, 0.1) is 0 Å². The molecule has 4 nitrogen and oxygen atoms in total. The van der Waals surface area contributed by atoms with E-state index in [0.717, 1.165) is 0 Å². The Balaban J connectivity index is 2.69. The van der Waals surface area contributed by atoms with Crippen LogP contribution in [0.4, 0.5) is 0 Å². The number of carbonyl (C=O) groups excluding carboxylic acids is 1. The summed E-state index contributed by atoms with van der Waals surface area (Å²) in [6.45, 7) is 3.46. The van der Waals surface area contributed by atoms with Crippen molar-refractivity contribution in [3.05, 3.63) is 12.7 Å². The molecule has 1 aliphatic carbocycles. The van der Waals surface area contributed by atoms with Crippen molar-refractivity contribution in [2.24, 2.45) is 5.92 Å². The first-order valence-corrected chi connectivity index (χ1v) is 3.24. The van der Waals surface area contributed by atoms with Crippen molar-refractivity contribution in [2.75, 3.05) is 0 Å². The molecule has 0 bridgehead atoms. The summed E-state index contributed by atoms with van der Waals surface area (Å²) in [4.78, 5) is 20.6. The first-order chi connectivity index (χ1) is 5.17. The molecule has 0 radical (unpaired) electrons. The van der Waals surface area contributed by atoms with E-state index in [-0.39, 0.29) is 5.92 Å². The van der Waals surface area contributed by atoms with Crippen LogP contribution in [0.1, 0.15) is 6.42 Å². The largest absolute Gasteiger partial charge is 0.479 e. The number of nitrogens with one attached hydrogen (secondary N) is 1. The lowest BCUT2D eigenvalue weighted by Crippen LogP contribution is -2.40. The van der Waals surface area contributed by atoms with Crippen LogP contribution >= 0.6 is 0 Å². The van der Waals surface area contributed by atoms with Crippen LogP contribution in [-0.4, -0.2) is 23.0 Å². The van der Waals surface area contributed by atoms with Crippen LogP contribution in [0.5, 0.6) is 0 Å². The molecule has 1 fully saturated rings. The Kier molecular flexibility index (Phi) is 1.68. The molecule has 2 N–H and O–H groups in total. The molecule has 1 rings (SSSR count). The van der Waals surface area contributed by atoms with Crippen molar-refractivity contribution in [1.82, 2.24) is 5.32 Å². The summed E-state index contributed by atoms with van der Waals surface area (Å²) in [6, 6.07) is 0. The molecule has 0 saturated heterocycles. The summed E-state index contributed by atoms with van der Waals surface area (Å²) in [5, 5.41) is 10.9. The number of carbonyl (C=O) groups is 2. The molecule has 11 heavy (non-hydrogen) atoms. The maximum Gasteiger partial charge on any atom is 0.330 e. The first kappa shape index (κ1) is 7.78. The lowest BCUT2D eigenvalue weighted by molar-refractivity contribution is -0.142. The van der Waals surface area contributed by atoms with Gasteiger partial charge in [-0.2, -0.15) is 0 Å². The molecule has 60 valence electrons. The number of amides is 1. The van der Waals surface area contributed by atoms with E-state index in [1.807, 2.05) is 0 Å². The quantitative estimate of drug-likeness (QED) is 0.435. The van der Waals surface area contributed by atoms with Gasteiger partial charge in [0, 0.05) is 5.92 Å². The molecule has 1 aliphatic rings. The molecular formula is C7H9NO3. The number of aliphatic carboxylic acids is 1. The molecule has 2 atom stereocenters. The highest BCUT2D eigenvalue weighted by molar-refractivity contribution is 5.86. The van der Waals surface area contributed by atoms with Gasteiger partial charge >= 0.3 is 5.97 Å². The van der Waals surface area contributed by atoms with Crippen molar-refractivity contribution in [2.45, 2.75) is 12.0 Å². The Morgan fingerprint density at radius 2 is 2.45 bits per heavy atom. The monoisotopic (exact) mass is 155 g/mol. The van der Waals surface area contributed by atoms with E-state index in [0.29, 0.717) is 12.8 Å². The zero-order valence-corrected chi connectivity index (χ0v) is 5.91. The van der Waals surface area contributed by atoms with Gasteiger partial charge in [-0.1, -0.05) is 6.08 Å². The lowest BCUT2D eigenvalue weighted by Gasteiger charge is -2.07. The smallest absolute Gasteiger partial charge is 0.330 e. The minimum absolute atomic E-state index is 0.120. The SMILES string of the molecule is C=CC1C[C@]1(NC=O)C(=O)O. The molecule has 1 amide bonds. The Morgan fingerprint density at radius 3 is 2.73 bits per heavy atom. The van der Waals surface area contributed by atoms with Crippen LogP contribution in [0.25, 0.3) is 0 Å². The second kappa shape index (κ2) is 2.38. The van der Waals surface area contributed by atoms with E-state index >= 15 is 0 Å². The van der Waals surface area contributed by atoms with Gasteiger partial charge in [-0.25, -0.2) is 4.79 Å². The zero-order valence-electron chi connectivity index (χ0n) is 5.91. The first-order valence-electron chi connectivity index (χ1n) is 3.24. The fraction of sp³-hybridized carbons (Fsp3) is 0.429. The average Bonchev–Trinajstić information content (AvgIpc) is 2.65. The highest BCUT2D eigenvalue weighted by atomic mass is 16.4. The van der Waals surface area contributed by atoms with Gasteiger partial charge in [0.2, 0.25) is 6.41 Å². The van der Waals surface area contributed by atoms with E-state index in [1.54, 1.807) is 6.08 Å². The molecule has 0 aliphatic heterocycles. The second-order valence-corrected chi connectivity index (χ2v) is 2.59. The van der Waals surface area contributed by atoms with Gasteiger partial charge < -0.3 is 10.4 Å². The van der Waals surface area contributed by atoms with E-state index in [9.17, 15) is 9.59 Å².